The molecule has 146 valence electrons. The third-order valence-corrected chi connectivity index (χ3v) is 4.64. The van der Waals surface area contributed by atoms with Crippen LogP contribution in [0.4, 0.5) is 9.18 Å². The highest BCUT2D eigenvalue weighted by Crippen LogP contribution is 2.27. The molecule has 1 amide bonds. The molecule has 0 aliphatic carbocycles. The van der Waals surface area contributed by atoms with Crippen molar-refractivity contribution in [3.8, 4) is 0 Å². The summed E-state index contributed by atoms with van der Waals surface area (Å²) in [6.07, 6.45) is 1.46. The van der Waals surface area contributed by atoms with Crippen molar-refractivity contribution in [1.82, 2.24) is 4.90 Å². The zero-order chi connectivity index (χ0) is 19.6. The number of nitrogens with zero attached hydrogens (tertiary/aromatic N) is 1. The molecule has 27 heavy (non-hydrogen) atoms. The predicted molar refractivity (Wildman–Crippen MR) is 104 cm³/mol. The van der Waals surface area contributed by atoms with Crippen LogP contribution in [0, 0.1) is 12.7 Å². The summed E-state index contributed by atoms with van der Waals surface area (Å²) >= 11 is 0. The van der Waals surface area contributed by atoms with E-state index in [-0.39, 0.29) is 24.6 Å². The summed E-state index contributed by atoms with van der Waals surface area (Å²) in [5, 5.41) is 8.79. The molecule has 2 atom stereocenters. The average molecular weight is 373 g/mol. The fourth-order valence-corrected chi connectivity index (χ4v) is 3.03. The van der Waals surface area contributed by atoms with Gasteiger partial charge in [0, 0.05) is 25.1 Å². The molecule has 1 heterocycles. The minimum atomic E-state index is -0.407. The van der Waals surface area contributed by atoms with E-state index in [2.05, 4.69) is 19.1 Å². The van der Waals surface area contributed by atoms with Crippen LogP contribution in [0.1, 0.15) is 43.4 Å². The zero-order valence-electron chi connectivity index (χ0n) is 16.0. The number of carbonyl (C=O) groups excluding carboxylic acids is 1. The second-order valence-electron chi connectivity index (χ2n) is 6.71. The molecule has 5 heteroatoms. The molecule has 2 aromatic rings. The molecular weight excluding hydrogens is 345 g/mol. The Morgan fingerprint density at radius 3 is 2.41 bits per heavy atom. The normalized spacial score (nSPS) is 17.6. The third-order valence-electron chi connectivity index (χ3n) is 4.64. The Labute approximate surface area is 160 Å². The second-order valence-corrected chi connectivity index (χ2v) is 6.71. The van der Waals surface area contributed by atoms with Crippen LogP contribution in [0.3, 0.4) is 0 Å². The molecule has 1 fully saturated rings. The maximum Gasteiger partial charge on any atom is 0.410 e. The summed E-state index contributed by atoms with van der Waals surface area (Å²) < 4.78 is 19.1. The van der Waals surface area contributed by atoms with Crippen molar-refractivity contribution in [3.63, 3.8) is 0 Å². The van der Waals surface area contributed by atoms with Gasteiger partial charge in [0.1, 0.15) is 11.9 Å². The van der Waals surface area contributed by atoms with Crippen LogP contribution in [0.15, 0.2) is 54.6 Å². The summed E-state index contributed by atoms with van der Waals surface area (Å²) in [6, 6.07) is 16.4. The van der Waals surface area contributed by atoms with Crippen LogP contribution in [-0.2, 0) is 4.74 Å². The van der Waals surface area contributed by atoms with E-state index >= 15 is 0 Å². The van der Waals surface area contributed by atoms with Gasteiger partial charge in [0.2, 0.25) is 0 Å². The largest absolute Gasteiger partial charge is 0.446 e. The van der Waals surface area contributed by atoms with E-state index in [0.29, 0.717) is 31.4 Å². The van der Waals surface area contributed by atoms with Crippen LogP contribution in [0.2, 0.25) is 0 Å². The van der Waals surface area contributed by atoms with E-state index in [0.717, 1.165) is 0 Å². The lowest BCUT2D eigenvalue weighted by molar-refractivity contribution is 0.00723. The molecule has 0 spiro atoms. The number of rotatable bonds is 5. The van der Waals surface area contributed by atoms with Crippen molar-refractivity contribution in [3.05, 3.63) is 71.5 Å². The Morgan fingerprint density at radius 1 is 1.19 bits per heavy atom. The molecule has 1 saturated heterocycles. The topological polar surface area (TPSA) is 49.8 Å². The van der Waals surface area contributed by atoms with E-state index in [4.69, 9.17) is 9.84 Å². The van der Waals surface area contributed by atoms with Gasteiger partial charge in [-0.2, -0.15) is 0 Å². The third kappa shape index (κ3) is 6.36. The molecule has 1 aliphatic heterocycles. The number of carbonyl (C=O) groups is 1. The number of aliphatic hydroxyl groups excluding tert-OH is 1. The summed E-state index contributed by atoms with van der Waals surface area (Å²) in [4.78, 5) is 13.6. The molecule has 0 aromatic heterocycles. The fraction of sp³-hybridized carbons (Fsp3) is 0.409. The van der Waals surface area contributed by atoms with Crippen molar-refractivity contribution in [2.45, 2.75) is 45.3 Å². The number of hydrogen-bond donors (Lipinski definition) is 1. The molecule has 1 N–H and O–H groups in total. The lowest BCUT2D eigenvalue weighted by Crippen LogP contribution is -2.43. The number of aliphatic hydroxyl groups is 1. The van der Waals surface area contributed by atoms with Crippen molar-refractivity contribution >= 4 is 6.09 Å². The minimum Gasteiger partial charge on any atom is -0.446 e. The maximum absolute atomic E-state index is 13.8. The number of aryl methyl sites for hydroxylation is 1. The molecular formula is C22H28FNO3. The van der Waals surface area contributed by atoms with E-state index in [9.17, 15) is 9.18 Å². The first-order chi connectivity index (χ1) is 13.0. The van der Waals surface area contributed by atoms with E-state index in [1.165, 1.54) is 11.6 Å². The van der Waals surface area contributed by atoms with Gasteiger partial charge in [0.25, 0.3) is 0 Å². The van der Waals surface area contributed by atoms with Crippen molar-refractivity contribution in [2.24, 2.45) is 0 Å². The van der Waals surface area contributed by atoms with Crippen LogP contribution >= 0.6 is 0 Å². The van der Waals surface area contributed by atoms with Crippen molar-refractivity contribution < 1.29 is 19.0 Å². The average Bonchev–Trinajstić information content (AvgIpc) is 2.67. The van der Waals surface area contributed by atoms with Gasteiger partial charge < -0.3 is 14.7 Å². The van der Waals surface area contributed by atoms with Crippen LogP contribution in [0.25, 0.3) is 0 Å². The Balaban J connectivity index is 0.000000313. The van der Waals surface area contributed by atoms with Crippen LogP contribution < -0.4 is 0 Å². The lowest BCUT2D eigenvalue weighted by atomic mass is 10.0. The molecule has 4 nitrogen and oxygen atoms in total. The van der Waals surface area contributed by atoms with Gasteiger partial charge in [-0.25, -0.2) is 9.18 Å². The van der Waals surface area contributed by atoms with Crippen molar-refractivity contribution in [2.75, 3.05) is 13.2 Å². The van der Waals surface area contributed by atoms with Crippen molar-refractivity contribution in [1.29, 1.82) is 0 Å². The van der Waals surface area contributed by atoms with E-state index in [1.54, 1.807) is 30.0 Å². The molecule has 1 aliphatic rings. The lowest BCUT2D eigenvalue weighted by Gasteiger charge is -2.35. The van der Waals surface area contributed by atoms with Crippen LogP contribution in [0.5, 0.6) is 0 Å². The molecule has 0 radical (unpaired) electrons. The van der Waals surface area contributed by atoms with Gasteiger partial charge in [-0.05, 0) is 32.8 Å². The number of cyclic esters (lactones) is 1. The van der Waals surface area contributed by atoms with Gasteiger partial charge in [-0.1, -0.05) is 54.1 Å². The van der Waals surface area contributed by atoms with Gasteiger partial charge in [-0.3, -0.25) is 0 Å². The Hall–Kier alpha value is -2.40. The first kappa shape index (κ1) is 20.9. The van der Waals surface area contributed by atoms with Gasteiger partial charge >= 0.3 is 6.09 Å². The van der Waals surface area contributed by atoms with Gasteiger partial charge in [0.05, 0.1) is 6.04 Å². The smallest absolute Gasteiger partial charge is 0.410 e. The molecule has 2 unspecified atom stereocenters. The molecule has 2 aromatic carbocycles. The Bertz CT molecular complexity index is 708. The summed E-state index contributed by atoms with van der Waals surface area (Å²) in [5.41, 5.74) is 1.82. The Kier molecular flexibility index (Phi) is 8.27. The number of hydrogen-bond acceptors (Lipinski definition) is 3. The SMILES string of the molecule is CC(c1ccccc1F)N1CCC(CCCO)OC1=O.Cc1ccccc1. The first-order valence-corrected chi connectivity index (χ1v) is 9.37. The summed E-state index contributed by atoms with van der Waals surface area (Å²) in [5.74, 6) is -0.310. The monoisotopic (exact) mass is 373 g/mol. The van der Waals surface area contributed by atoms with Gasteiger partial charge in [-0.15, -0.1) is 0 Å². The zero-order valence-corrected chi connectivity index (χ0v) is 16.0. The van der Waals surface area contributed by atoms with Crippen LogP contribution in [-0.4, -0.2) is 35.4 Å². The highest BCUT2D eigenvalue weighted by Gasteiger charge is 2.31. The fourth-order valence-electron chi connectivity index (χ4n) is 3.03. The molecule has 0 saturated carbocycles. The molecule has 3 rings (SSSR count). The minimum absolute atomic E-state index is 0.101. The highest BCUT2D eigenvalue weighted by atomic mass is 19.1. The number of halogens is 1. The highest BCUT2D eigenvalue weighted by molar-refractivity contribution is 5.69. The number of amides is 1. The quantitative estimate of drug-likeness (QED) is 0.814. The summed E-state index contributed by atoms with van der Waals surface area (Å²) in [6.45, 7) is 4.53. The first-order valence-electron chi connectivity index (χ1n) is 9.37. The van der Waals surface area contributed by atoms with E-state index in [1.807, 2.05) is 18.2 Å². The predicted octanol–water partition coefficient (Wildman–Crippen LogP) is 4.87. The second kappa shape index (κ2) is 10.7. The maximum atomic E-state index is 13.8. The summed E-state index contributed by atoms with van der Waals surface area (Å²) in [7, 11) is 0. The number of ether oxygens (including phenoxy) is 1. The Morgan fingerprint density at radius 2 is 1.85 bits per heavy atom. The number of benzene rings is 2. The standard InChI is InChI=1S/C15H20FNO3.C7H8/c1-11(13-6-2-3-7-14(13)16)17-9-8-12(5-4-10-18)20-15(17)19;1-7-5-3-2-4-6-7/h2-3,6-7,11-12,18H,4-5,8-10H2,1H3;2-6H,1H3. The molecule has 0 bridgehead atoms. The van der Waals surface area contributed by atoms with E-state index < -0.39 is 6.09 Å². The van der Waals surface area contributed by atoms with Gasteiger partial charge in [0.15, 0.2) is 0 Å².